The van der Waals surface area contributed by atoms with E-state index >= 15 is 0 Å². The van der Waals surface area contributed by atoms with Crippen molar-refractivity contribution in [3.63, 3.8) is 0 Å². The van der Waals surface area contributed by atoms with Gasteiger partial charge < -0.3 is 14.4 Å². The summed E-state index contributed by atoms with van der Waals surface area (Å²) in [6, 6.07) is -0.460. The number of carboxylic acid groups (broad SMARTS) is 1. The molecule has 0 bridgehead atoms. The molecule has 8 heteroatoms. The van der Waals surface area contributed by atoms with E-state index in [9.17, 15) is 23.5 Å². The molecule has 1 aliphatic carbocycles. The SMILES string of the molecule is O=C(c1ocnc1C(F)F)N1CC[C@@]2(C(=O)O)CCC[C@@H]12. The summed E-state index contributed by atoms with van der Waals surface area (Å²) in [5.74, 6) is -2.11. The van der Waals surface area contributed by atoms with Crippen molar-refractivity contribution in [1.29, 1.82) is 0 Å². The average Bonchev–Trinajstić information content (AvgIpc) is 3.12. The van der Waals surface area contributed by atoms with E-state index in [-0.39, 0.29) is 6.54 Å². The first-order chi connectivity index (χ1) is 9.97. The summed E-state index contributed by atoms with van der Waals surface area (Å²) in [6.07, 6.45) is 0.0307. The van der Waals surface area contributed by atoms with E-state index in [1.807, 2.05) is 0 Å². The van der Waals surface area contributed by atoms with Crippen molar-refractivity contribution in [1.82, 2.24) is 9.88 Å². The van der Waals surface area contributed by atoms with Gasteiger partial charge in [-0.1, -0.05) is 6.42 Å². The molecule has 1 saturated heterocycles. The van der Waals surface area contributed by atoms with E-state index in [2.05, 4.69) is 4.98 Å². The number of aromatic nitrogens is 1. The molecule has 2 fully saturated rings. The highest BCUT2D eigenvalue weighted by Crippen LogP contribution is 2.49. The second-order valence-electron chi connectivity index (χ2n) is 5.49. The maximum atomic E-state index is 12.8. The molecule has 0 unspecified atom stereocenters. The van der Waals surface area contributed by atoms with Crippen molar-refractivity contribution in [2.45, 2.75) is 38.2 Å². The van der Waals surface area contributed by atoms with E-state index in [1.54, 1.807) is 0 Å². The van der Waals surface area contributed by atoms with Gasteiger partial charge in [-0.15, -0.1) is 0 Å². The number of rotatable bonds is 3. The zero-order chi connectivity index (χ0) is 15.2. The molecule has 2 heterocycles. The lowest BCUT2D eigenvalue weighted by molar-refractivity contribution is -0.149. The van der Waals surface area contributed by atoms with Crippen LogP contribution in [0.5, 0.6) is 0 Å². The zero-order valence-electron chi connectivity index (χ0n) is 11.1. The van der Waals surface area contributed by atoms with Crippen molar-refractivity contribution in [3.05, 3.63) is 17.8 Å². The van der Waals surface area contributed by atoms with Crippen LogP contribution in [0.3, 0.4) is 0 Å². The average molecular weight is 300 g/mol. The van der Waals surface area contributed by atoms with Crippen LogP contribution in [0, 0.1) is 5.41 Å². The van der Waals surface area contributed by atoms with Gasteiger partial charge in [0.15, 0.2) is 12.1 Å². The van der Waals surface area contributed by atoms with Crippen LogP contribution in [0.4, 0.5) is 8.78 Å². The monoisotopic (exact) mass is 300 g/mol. The number of fused-ring (bicyclic) bond motifs is 1. The van der Waals surface area contributed by atoms with E-state index in [4.69, 9.17) is 4.42 Å². The number of hydrogen-bond acceptors (Lipinski definition) is 4. The van der Waals surface area contributed by atoms with Crippen molar-refractivity contribution in [2.24, 2.45) is 5.41 Å². The maximum Gasteiger partial charge on any atom is 0.311 e. The second-order valence-corrected chi connectivity index (χ2v) is 5.49. The van der Waals surface area contributed by atoms with Gasteiger partial charge in [-0.2, -0.15) is 0 Å². The topological polar surface area (TPSA) is 83.6 Å². The van der Waals surface area contributed by atoms with Crippen molar-refractivity contribution >= 4 is 11.9 Å². The molecule has 0 aromatic carbocycles. The smallest absolute Gasteiger partial charge is 0.311 e. The zero-order valence-corrected chi connectivity index (χ0v) is 11.1. The summed E-state index contributed by atoms with van der Waals surface area (Å²) < 4.78 is 30.4. The van der Waals surface area contributed by atoms with Gasteiger partial charge in [0, 0.05) is 12.6 Å². The van der Waals surface area contributed by atoms with E-state index in [0.717, 1.165) is 6.39 Å². The molecule has 0 radical (unpaired) electrons. The number of aliphatic carboxylic acids is 1. The minimum Gasteiger partial charge on any atom is -0.481 e. The predicted molar refractivity (Wildman–Crippen MR) is 64.8 cm³/mol. The standard InChI is InChI=1S/C13H14F2N2O4/c14-10(15)8-9(21-6-16-8)11(18)17-5-4-13(12(19)20)3-1-2-7(13)17/h6-7,10H,1-5H2,(H,19,20)/t7-,13+/m1/s1. The summed E-state index contributed by atoms with van der Waals surface area (Å²) in [5, 5.41) is 9.45. The first-order valence-corrected chi connectivity index (χ1v) is 6.73. The van der Waals surface area contributed by atoms with Crippen LogP contribution in [-0.4, -0.2) is 39.5 Å². The Bertz CT molecular complexity index is 588. The number of nitrogens with zero attached hydrogens (tertiary/aromatic N) is 2. The molecule has 1 aromatic rings. The van der Waals surface area contributed by atoms with Crippen LogP contribution in [0.2, 0.25) is 0 Å². The number of halogens is 2. The Morgan fingerprint density at radius 3 is 2.90 bits per heavy atom. The lowest BCUT2D eigenvalue weighted by atomic mass is 9.82. The molecular formula is C13H14F2N2O4. The molecular weight excluding hydrogens is 286 g/mol. The van der Waals surface area contributed by atoms with Gasteiger partial charge in [-0.3, -0.25) is 9.59 Å². The van der Waals surface area contributed by atoms with Crippen LogP contribution < -0.4 is 0 Å². The third-order valence-electron chi connectivity index (χ3n) is 4.60. The molecule has 2 aliphatic rings. The molecule has 114 valence electrons. The van der Waals surface area contributed by atoms with E-state index < -0.39 is 41.2 Å². The maximum absolute atomic E-state index is 12.8. The quantitative estimate of drug-likeness (QED) is 0.924. The molecule has 21 heavy (non-hydrogen) atoms. The number of carbonyl (C=O) groups is 2. The number of alkyl halides is 2. The second kappa shape index (κ2) is 4.78. The summed E-state index contributed by atoms with van der Waals surface area (Å²) >= 11 is 0. The molecule has 2 atom stereocenters. The fourth-order valence-corrected chi connectivity index (χ4v) is 3.58. The van der Waals surface area contributed by atoms with Crippen LogP contribution in [0.1, 0.15) is 48.4 Å². The third kappa shape index (κ3) is 1.92. The summed E-state index contributed by atoms with van der Waals surface area (Å²) in [6.45, 7) is 0.235. The largest absolute Gasteiger partial charge is 0.481 e. The summed E-state index contributed by atoms with van der Waals surface area (Å²) in [5.41, 5.74) is -1.63. The van der Waals surface area contributed by atoms with Crippen molar-refractivity contribution < 1.29 is 27.9 Å². The summed E-state index contributed by atoms with van der Waals surface area (Å²) in [4.78, 5) is 28.7. The Kier molecular flexibility index (Phi) is 3.18. The van der Waals surface area contributed by atoms with Crippen LogP contribution in [0.15, 0.2) is 10.8 Å². The minimum absolute atomic E-state index is 0.235. The lowest BCUT2D eigenvalue weighted by Crippen LogP contribution is -2.43. The molecule has 1 aromatic heterocycles. The van der Waals surface area contributed by atoms with Gasteiger partial charge in [0.05, 0.1) is 5.41 Å². The Morgan fingerprint density at radius 1 is 1.48 bits per heavy atom. The fraction of sp³-hybridized carbons (Fsp3) is 0.615. The fourth-order valence-electron chi connectivity index (χ4n) is 3.58. The molecule has 1 N–H and O–H groups in total. The first kappa shape index (κ1) is 14.0. The molecule has 6 nitrogen and oxygen atoms in total. The normalized spacial score (nSPS) is 28.1. The van der Waals surface area contributed by atoms with Gasteiger partial charge in [-0.25, -0.2) is 13.8 Å². The summed E-state index contributed by atoms with van der Waals surface area (Å²) in [7, 11) is 0. The Morgan fingerprint density at radius 2 is 2.24 bits per heavy atom. The molecule has 1 saturated carbocycles. The Hall–Kier alpha value is -1.99. The number of amides is 1. The highest BCUT2D eigenvalue weighted by molar-refractivity contribution is 5.94. The van der Waals surface area contributed by atoms with Gasteiger partial charge in [0.2, 0.25) is 5.76 Å². The van der Waals surface area contributed by atoms with E-state index in [1.165, 1.54) is 4.90 Å². The number of carboxylic acids is 1. The van der Waals surface area contributed by atoms with Gasteiger partial charge in [0.25, 0.3) is 12.3 Å². The third-order valence-corrected chi connectivity index (χ3v) is 4.60. The van der Waals surface area contributed by atoms with Crippen LogP contribution in [0.25, 0.3) is 0 Å². The number of carbonyl (C=O) groups excluding carboxylic acids is 1. The highest BCUT2D eigenvalue weighted by atomic mass is 19.3. The Labute approximate surface area is 118 Å². The predicted octanol–water partition coefficient (Wildman–Crippen LogP) is 2.08. The lowest BCUT2D eigenvalue weighted by Gasteiger charge is -2.28. The van der Waals surface area contributed by atoms with Gasteiger partial charge >= 0.3 is 5.97 Å². The van der Waals surface area contributed by atoms with Crippen molar-refractivity contribution in [3.8, 4) is 0 Å². The number of hydrogen-bond donors (Lipinski definition) is 1. The molecule has 3 rings (SSSR count). The van der Waals surface area contributed by atoms with Crippen LogP contribution >= 0.6 is 0 Å². The first-order valence-electron chi connectivity index (χ1n) is 6.73. The van der Waals surface area contributed by atoms with Gasteiger partial charge in [-0.05, 0) is 19.3 Å². The molecule has 1 amide bonds. The van der Waals surface area contributed by atoms with Gasteiger partial charge in [0.1, 0.15) is 0 Å². The Balaban J connectivity index is 1.90. The highest BCUT2D eigenvalue weighted by Gasteiger charge is 2.57. The van der Waals surface area contributed by atoms with Crippen LogP contribution in [-0.2, 0) is 4.79 Å². The van der Waals surface area contributed by atoms with E-state index in [0.29, 0.717) is 25.7 Å². The molecule has 0 spiro atoms. The van der Waals surface area contributed by atoms with Crippen molar-refractivity contribution in [2.75, 3.05) is 6.54 Å². The number of likely N-dealkylation sites (tertiary alicyclic amines) is 1. The minimum atomic E-state index is -2.90. The number of oxazole rings is 1. The molecule has 1 aliphatic heterocycles.